The van der Waals surface area contributed by atoms with E-state index in [0.717, 1.165) is 7.11 Å². The van der Waals surface area contributed by atoms with Gasteiger partial charge in [0.1, 0.15) is 18.2 Å². The van der Waals surface area contributed by atoms with Crippen LogP contribution in [0.4, 0.5) is 0 Å². The van der Waals surface area contributed by atoms with Gasteiger partial charge >= 0.3 is 11.9 Å². The third-order valence-corrected chi connectivity index (χ3v) is 13.8. The number of carbonyl (C=O) groups excluding carboxylic acids is 3. The number of allylic oxidation sites excluding steroid dienone is 12. The monoisotopic (exact) mass is 1070 g/mol. The zero-order chi connectivity index (χ0) is 56.1. The molecule has 4 heterocycles. The van der Waals surface area contributed by atoms with E-state index >= 15 is 0 Å². The lowest BCUT2D eigenvalue weighted by Crippen LogP contribution is -2.62. The summed E-state index contributed by atoms with van der Waals surface area (Å²) >= 11 is 0. The Labute approximate surface area is 444 Å². The van der Waals surface area contributed by atoms with Crippen LogP contribution in [-0.4, -0.2) is 190 Å². The van der Waals surface area contributed by atoms with Crippen LogP contribution >= 0.6 is 0 Å². The number of esters is 2. The zero-order valence-electron chi connectivity index (χ0n) is 43.8. The number of ether oxygens (including phenoxy) is 5. The van der Waals surface area contributed by atoms with E-state index in [0.29, 0.717) is 5.69 Å². The summed E-state index contributed by atoms with van der Waals surface area (Å²) in [6.45, 7) is 6.74. The predicted octanol–water partition coefficient (Wildman–Crippen LogP) is 0.251. The number of fused-ring (bicyclic) bond motifs is 2. The molecule has 3 aliphatic rings. The van der Waals surface area contributed by atoms with Crippen LogP contribution in [0.5, 0.6) is 0 Å². The van der Waals surface area contributed by atoms with Gasteiger partial charge in [-0.05, 0) is 33.1 Å². The molecular formula is C54H82N4O18. The molecule has 0 aromatic carbocycles. The number of aliphatic hydroxyl groups is 10. The number of hydrogen-bond acceptors (Lipinski definition) is 20. The van der Waals surface area contributed by atoms with E-state index in [9.17, 15) is 65.4 Å². The van der Waals surface area contributed by atoms with Crippen molar-refractivity contribution in [1.82, 2.24) is 15.3 Å². The van der Waals surface area contributed by atoms with Crippen molar-refractivity contribution in [3.63, 3.8) is 0 Å². The number of nitrogens with one attached hydrogen (secondary N) is 2. The summed E-state index contributed by atoms with van der Waals surface area (Å²) in [5.41, 5.74) is 6.53. The molecule has 426 valence electrons. The normalized spacial score (nSPS) is 40.9. The van der Waals surface area contributed by atoms with E-state index in [2.05, 4.69) is 15.3 Å². The van der Waals surface area contributed by atoms with Crippen molar-refractivity contribution in [3.05, 3.63) is 103 Å². The lowest BCUT2D eigenvalue weighted by atomic mass is 9.82. The minimum atomic E-state index is -2.39. The number of methoxy groups -OCH3 is 1. The van der Waals surface area contributed by atoms with Crippen LogP contribution in [-0.2, 0) is 44.5 Å². The average Bonchev–Trinajstić information content (AvgIpc) is 3.88. The van der Waals surface area contributed by atoms with Crippen molar-refractivity contribution in [2.75, 3.05) is 7.11 Å². The van der Waals surface area contributed by atoms with Crippen molar-refractivity contribution in [2.45, 2.75) is 189 Å². The topological polar surface area (TPSA) is 366 Å². The molecule has 0 saturated carbocycles. The molecule has 1 amide bonds. The third-order valence-electron chi connectivity index (χ3n) is 13.8. The van der Waals surface area contributed by atoms with Crippen LogP contribution in [0.1, 0.15) is 84.8 Å². The fourth-order valence-corrected chi connectivity index (χ4v) is 9.20. The molecule has 4 rings (SSSR count). The van der Waals surface area contributed by atoms with E-state index in [1.54, 1.807) is 86.8 Å². The number of nitrogens with zero attached hydrogens (tertiary/aromatic N) is 1. The van der Waals surface area contributed by atoms with Gasteiger partial charge in [-0.2, -0.15) is 0 Å². The van der Waals surface area contributed by atoms with Gasteiger partial charge in [-0.1, -0.05) is 98.9 Å². The van der Waals surface area contributed by atoms with Crippen molar-refractivity contribution in [1.29, 1.82) is 0 Å². The van der Waals surface area contributed by atoms with Gasteiger partial charge in [0.05, 0.1) is 105 Å². The number of rotatable bonds is 7. The quantitative estimate of drug-likeness (QED) is 0.163. The summed E-state index contributed by atoms with van der Waals surface area (Å²) in [7, 11) is 1.13. The van der Waals surface area contributed by atoms with Gasteiger partial charge in [-0.3, -0.25) is 9.59 Å². The Morgan fingerprint density at radius 2 is 1.38 bits per heavy atom. The van der Waals surface area contributed by atoms with Crippen LogP contribution in [0.3, 0.4) is 0 Å². The number of hydrogen-bond donors (Lipinski definition) is 13. The van der Waals surface area contributed by atoms with Crippen LogP contribution in [0, 0.1) is 17.8 Å². The van der Waals surface area contributed by atoms with Gasteiger partial charge in [0.25, 0.3) is 0 Å². The number of aliphatic hydroxyl groups excluding tert-OH is 9. The molecule has 3 aliphatic heterocycles. The first-order chi connectivity index (χ1) is 36.0. The Kier molecular flexibility index (Phi) is 26.5. The first-order valence-electron chi connectivity index (χ1n) is 25.8. The van der Waals surface area contributed by atoms with Crippen molar-refractivity contribution >= 4 is 17.8 Å². The molecule has 11 unspecified atom stereocenters. The first-order valence-corrected chi connectivity index (χ1v) is 25.8. The minimum absolute atomic E-state index is 0.110. The summed E-state index contributed by atoms with van der Waals surface area (Å²) in [6, 6.07) is -2.48. The second kappa shape index (κ2) is 31.6. The Hall–Kier alpha value is -4.76. The molecule has 1 aromatic heterocycles. The molecule has 14 N–H and O–H groups in total. The number of cyclic esters (lactones) is 1. The zero-order valence-corrected chi connectivity index (χ0v) is 43.8. The molecule has 20 atom stereocenters. The number of aromatic nitrogens is 2. The largest absolute Gasteiger partial charge is 0.467 e. The van der Waals surface area contributed by atoms with E-state index in [1.165, 1.54) is 25.5 Å². The van der Waals surface area contributed by atoms with Gasteiger partial charge in [0.2, 0.25) is 5.91 Å². The fourth-order valence-electron chi connectivity index (χ4n) is 9.20. The van der Waals surface area contributed by atoms with E-state index in [1.807, 2.05) is 13.0 Å². The molecule has 0 spiro atoms. The number of amides is 1. The molecular weight excluding hydrogens is 993 g/mol. The highest BCUT2D eigenvalue weighted by atomic mass is 16.7. The maximum Gasteiger partial charge on any atom is 0.328 e. The second-order valence-electron chi connectivity index (χ2n) is 20.1. The van der Waals surface area contributed by atoms with Gasteiger partial charge in [-0.25, -0.2) is 9.78 Å². The van der Waals surface area contributed by atoms with E-state index in [-0.39, 0.29) is 38.0 Å². The van der Waals surface area contributed by atoms with Crippen LogP contribution < -0.4 is 11.1 Å². The SMILES string of the molecule is COC(=O)[C@@H](Cc1c[nH]cn1)NC(=O)C1[C@@H]2CC(O[C@@H]3O[C@H](C)C(O)[C@H](N)C3O)/C=C/C=C/C=C/C=C/C=C/C=C/C=C/[C@H](C)C(O)[C@@H](C)[C@H](C)OC(=O)CC(O)CC(O)CCC(O)C(O)CC(O)CC(O)(C[C@@H]1O)O2. The number of nitrogens with two attached hydrogens (primary N) is 1. The first kappa shape index (κ1) is 63.8. The van der Waals surface area contributed by atoms with Gasteiger partial charge in [0, 0.05) is 50.1 Å². The van der Waals surface area contributed by atoms with E-state index in [4.69, 9.17) is 29.4 Å². The molecule has 2 saturated heterocycles. The average molecular weight is 1080 g/mol. The predicted molar refractivity (Wildman–Crippen MR) is 276 cm³/mol. The van der Waals surface area contributed by atoms with Crippen LogP contribution in [0.25, 0.3) is 0 Å². The summed E-state index contributed by atoms with van der Waals surface area (Å²) in [4.78, 5) is 46.9. The second-order valence-corrected chi connectivity index (χ2v) is 20.1. The highest BCUT2D eigenvalue weighted by Crippen LogP contribution is 2.38. The lowest BCUT2D eigenvalue weighted by molar-refractivity contribution is -0.307. The smallest absolute Gasteiger partial charge is 0.328 e. The molecule has 22 heteroatoms. The highest BCUT2D eigenvalue weighted by Gasteiger charge is 2.51. The Bertz CT molecular complexity index is 2130. The van der Waals surface area contributed by atoms with Crippen molar-refractivity contribution in [3.8, 4) is 0 Å². The number of H-pyrrole nitrogens is 1. The molecule has 0 aliphatic carbocycles. The Balaban J connectivity index is 1.65. The van der Waals surface area contributed by atoms with Crippen LogP contribution in [0.2, 0.25) is 0 Å². The summed E-state index contributed by atoms with van der Waals surface area (Å²) in [5, 5.41) is 113. The lowest BCUT2D eigenvalue weighted by Gasteiger charge is -2.46. The Morgan fingerprint density at radius 1 is 0.763 bits per heavy atom. The summed E-state index contributed by atoms with van der Waals surface area (Å²) in [6.07, 6.45) is 5.57. The fraction of sp³-hybridized carbons (Fsp3) is 0.630. The Morgan fingerprint density at radius 3 is 1.99 bits per heavy atom. The van der Waals surface area contributed by atoms with E-state index < -0.39 is 159 Å². The molecule has 0 radical (unpaired) electrons. The molecule has 1 aromatic rings. The molecule has 22 nitrogen and oxygen atoms in total. The highest BCUT2D eigenvalue weighted by molar-refractivity contribution is 5.86. The standard InChI is InChI=1S/C54H82N4O18/c1-31-18-16-14-12-10-8-6-7-9-11-13-15-17-19-39(75-53-50(68)47(55)49(67)34(4)74-53)26-44-46(51(69)58-40(52(70)72-5)22-35-29-56-30-57-35)43(64)28-54(71,76-44)27-38(61)24-42(63)41(62)21-20-36(59)23-37(60)25-45(65)73-33(3)32(2)48(31)66/h6-19,29-34,36-44,46-50,53,59-64,66-68,71H,20-28,55H2,1-5H3,(H,56,57)(H,58,69)/b7-6+,10-8+,11-9+,14-12+,15-13+,18-16+,19-17+/t31-,32-,33-,34+,36?,37?,38?,39?,40+,41?,42?,43-,44-,46?,47-,48?,49?,50?,53-,54?/m0/s1. The maximum absolute atomic E-state index is 14.3. The summed E-state index contributed by atoms with van der Waals surface area (Å²) in [5.74, 6) is -7.16. The molecule has 2 fully saturated rings. The number of aromatic amines is 1. The van der Waals surface area contributed by atoms with Crippen molar-refractivity contribution < 1.29 is 89.1 Å². The maximum atomic E-state index is 14.3. The number of imidazole rings is 1. The number of carbonyl (C=O) groups is 3. The van der Waals surface area contributed by atoms with Crippen LogP contribution in [0.15, 0.2) is 97.6 Å². The van der Waals surface area contributed by atoms with Gasteiger partial charge < -0.3 is 90.8 Å². The minimum Gasteiger partial charge on any atom is -0.467 e. The molecule has 2 bridgehead atoms. The van der Waals surface area contributed by atoms with Crippen molar-refractivity contribution in [2.24, 2.45) is 23.5 Å². The van der Waals surface area contributed by atoms with Gasteiger partial charge in [-0.15, -0.1) is 0 Å². The molecule has 76 heavy (non-hydrogen) atoms. The third kappa shape index (κ3) is 20.6. The van der Waals surface area contributed by atoms with Gasteiger partial charge in [0.15, 0.2) is 12.1 Å². The summed E-state index contributed by atoms with van der Waals surface area (Å²) < 4.78 is 28.7.